The average Bonchev–Trinajstić information content (AvgIpc) is 3.31. The topological polar surface area (TPSA) is 57.6 Å². The van der Waals surface area contributed by atoms with Gasteiger partial charge in [0.05, 0.1) is 5.92 Å². The van der Waals surface area contributed by atoms with Crippen LogP contribution in [0.4, 0.5) is 0 Å². The first kappa shape index (κ1) is 17.1. The molecule has 4 rings (SSSR count). The van der Waals surface area contributed by atoms with Crippen molar-refractivity contribution in [1.82, 2.24) is 4.90 Å². The molecule has 4 atom stereocenters. The molecule has 0 spiro atoms. The van der Waals surface area contributed by atoms with Crippen LogP contribution < -0.4 is 0 Å². The van der Waals surface area contributed by atoms with Crippen molar-refractivity contribution >= 4 is 23.5 Å². The number of amides is 1. The number of rotatable bonds is 4. The Hall–Kier alpha value is -2.33. The van der Waals surface area contributed by atoms with Crippen molar-refractivity contribution in [3.8, 4) is 0 Å². The molecule has 1 amide bonds. The van der Waals surface area contributed by atoms with Gasteiger partial charge in [-0.3, -0.25) is 9.59 Å². The van der Waals surface area contributed by atoms with Crippen LogP contribution in [0.3, 0.4) is 0 Å². The van der Waals surface area contributed by atoms with E-state index in [1.54, 1.807) is 4.90 Å². The fraction of sp³-hybridized carbons (Fsp3) is 0.333. The molecule has 2 aromatic rings. The summed E-state index contributed by atoms with van der Waals surface area (Å²) in [5.41, 5.74) is 2.00. The van der Waals surface area contributed by atoms with Gasteiger partial charge in [-0.25, -0.2) is 0 Å². The van der Waals surface area contributed by atoms with Gasteiger partial charge in [-0.15, -0.1) is 0 Å². The lowest BCUT2D eigenvalue weighted by Crippen LogP contribution is -2.31. The lowest BCUT2D eigenvalue weighted by molar-refractivity contribution is -0.142. The molecule has 1 heterocycles. The van der Waals surface area contributed by atoms with E-state index in [0.29, 0.717) is 11.6 Å². The lowest BCUT2D eigenvalue weighted by Gasteiger charge is -2.17. The average molecular weight is 370 g/mol. The first-order valence-corrected chi connectivity index (χ1v) is 9.25. The second kappa shape index (κ2) is 6.76. The van der Waals surface area contributed by atoms with Gasteiger partial charge in [0.15, 0.2) is 0 Å². The van der Waals surface area contributed by atoms with Gasteiger partial charge in [-0.1, -0.05) is 60.1 Å². The van der Waals surface area contributed by atoms with Crippen LogP contribution in [0.1, 0.15) is 29.4 Å². The summed E-state index contributed by atoms with van der Waals surface area (Å²) < 4.78 is 0. The van der Waals surface area contributed by atoms with Crippen molar-refractivity contribution < 1.29 is 14.7 Å². The monoisotopic (exact) mass is 369 g/mol. The Labute approximate surface area is 157 Å². The Morgan fingerprint density at radius 1 is 0.923 bits per heavy atom. The predicted octanol–water partition coefficient (Wildman–Crippen LogP) is 3.77. The molecule has 4 nitrogen and oxygen atoms in total. The molecule has 0 aromatic heterocycles. The highest BCUT2D eigenvalue weighted by atomic mass is 35.5. The maximum absolute atomic E-state index is 12.9. The van der Waals surface area contributed by atoms with Crippen LogP contribution in [-0.4, -0.2) is 35.0 Å². The number of halogens is 1. The van der Waals surface area contributed by atoms with Crippen LogP contribution in [0, 0.1) is 11.8 Å². The zero-order chi connectivity index (χ0) is 18.3. The van der Waals surface area contributed by atoms with Gasteiger partial charge >= 0.3 is 5.97 Å². The molecule has 1 N–H and O–H groups in total. The van der Waals surface area contributed by atoms with Gasteiger partial charge in [0.1, 0.15) is 0 Å². The number of carbonyl (C=O) groups excluding carboxylic acids is 1. The summed E-state index contributed by atoms with van der Waals surface area (Å²) in [7, 11) is 0. The summed E-state index contributed by atoms with van der Waals surface area (Å²) >= 11 is 6.25. The fourth-order valence-electron chi connectivity index (χ4n) is 4.09. The van der Waals surface area contributed by atoms with Crippen LogP contribution in [0.25, 0.3) is 0 Å². The van der Waals surface area contributed by atoms with Crippen LogP contribution in [0.2, 0.25) is 5.02 Å². The highest BCUT2D eigenvalue weighted by Crippen LogP contribution is 2.51. The molecule has 2 aliphatic rings. The lowest BCUT2D eigenvalue weighted by atomic mass is 9.89. The molecule has 134 valence electrons. The maximum Gasteiger partial charge on any atom is 0.308 e. The number of aliphatic carboxylic acids is 1. The number of likely N-dealkylation sites (tertiary alicyclic amines) is 1. The summed E-state index contributed by atoms with van der Waals surface area (Å²) in [4.78, 5) is 26.4. The summed E-state index contributed by atoms with van der Waals surface area (Å²) in [6, 6.07) is 17.2. The summed E-state index contributed by atoms with van der Waals surface area (Å²) in [5.74, 6) is -1.43. The van der Waals surface area contributed by atoms with E-state index >= 15 is 0 Å². The number of carbonyl (C=O) groups is 2. The molecule has 2 aromatic carbocycles. The van der Waals surface area contributed by atoms with E-state index in [1.807, 2.05) is 54.6 Å². The third-order valence-corrected chi connectivity index (χ3v) is 5.93. The molecule has 2 fully saturated rings. The predicted molar refractivity (Wildman–Crippen MR) is 99.2 cm³/mol. The minimum absolute atomic E-state index is 0.0552. The van der Waals surface area contributed by atoms with Gasteiger partial charge in [0.25, 0.3) is 0 Å². The second-order valence-electron chi connectivity index (χ2n) is 7.18. The fourth-order valence-corrected chi connectivity index (χ4v) is 4.37. The molecule has 5 heteroatoms. The van der Waals surface area contributed by atoms with Crippen LogP contribution >= 0.6 is 11.6 Å². The standard InChI is InChI=1S/C21H20ClNO3/c22-19-9-5-4-8-14(19)15-10-16(15)20(24)23-11-17(18(12-23)21(25)26)13-6-2-1-3-7-13/h1-9,15-18H,10-12H2,(H,25,26)/t15?,16?,17-,18-/m1/s1. The number of carboxylic acids is 1. The van der Waals surface area contributed by atoms with Gasteiger partial charge in [-0.05, 0) is 29.5 Å². The zero-order valence-electron chi connectivity index (χ0n) is 14.2. The minimum atomic E-state index is -0.840. The molecule has 26 heavy (non-hydrogen) atoms. The molecule has 0 bridgehead atoms. The molecule has 1 aliphatic heterocycles. The van der Waals surface area contributed by atoms with E-state index < -0.39 is 11.9 Å². The molecule has 2 unspecified atom stereocenters. The third-order valence-electron chi connectivity index (χ3n) is 5.59. The minimum Gasteiger partial charge on any atom is -0.481 e. The van der Waals surface area contributed by atoms with Crippen LogP contribution in [0.5, 0.6) is 0 Å². The summed E-state index contributed by atoms with van der Waals surface area (Å²) in [5, 5.41) is 10.3. The molecular formula is C21H20ClNO3. The van der Waals surface area contributed by atoms with Gasteiger partial charge in [0, 0.05) is 29.9 Å². The van der Waals surface area contributed by atoms with E-state index in [2.05, 4.69) is 0 Å². The highest BCUT2D eigenvalue weighted by Gasteiger charge is 2.49. The number of carboxylic acid groups (broad SMARTS) is 1. The first-order valence-electron chi connectivity index (χ1n) is 8.87. The number of hydrogen-bond donors (Lipinski definition) is 1. The SMILES string of the molecule is O=C(O)[C@@H]1CN(C(=O)C2CC2c2ccccc2Cl)C[C@@H]1c1ccccc1. The van der Waals surface area contributed by atoms with Crippen LogP contribution in [0.15, 0.2) is 54.6 Å². The number of nitrogens with zero attached hydrogens (tertiary/aromatic N) is 1. The van der Waals surface area contributed by atoms with Gasteiger partial charge in [0.2, 0.25) is 5.91 Å². The summed E-state index contributed by atoms with van der Waals surface area (Å²) in [6.45, 7) is 0.741. The molecule has 1 aliphatic carbocycles. The molecule has 1 saturated heterocycles. The zero-order valence-corrected chi connectivity index (χ0v) is 15.0. The Morgan fingerprint density at radius 2 is 1.62 bits per heavy atom. The maximum atomic E-state index is 12.9. The molecular weight excluding hydrogens is 350 g/mol. The van der Waals surface area contributed by atoms with Crippen molar-refractivity contribution in [2.45, 2.75) is 18.3 Å². The van der Waals surface area contributed by atoms with E-state index in [-0.39, 0.29) is 30.2 Å². The normalized spacial score (nSPS) is 27.3. The molecule has 0 radical (unpaired) electrons. The van der Waals surface area contributed by atoms with E-state index in [1.165, 1.54) is 0 Å². The Morgan fingerprint density at radius 3 is 2.31 bits per heavy atom. The largest absolute Gasteiger partial charge is 0.481 e. The Kier molecular flexibility index (Phi) is 4.45. The van der Waals surface area contributed by atoms with Crippen molar-refractivity contribution in [1.29, 1.82) is 0 Å². The Balaban J connectivity index is 1.50. The van der Waals surface area contributed by atoms with Crippen LogP contribution in [-0.2, 0) is 9.59 Å². The van der Waals surface area contributed by atoms with E-state index in [4.69, 9.17) is 11.6 Å². The summed E-state index contributed by atoms with van der Waals surface area (Å²) in [6.07, 6.45) is 0.785. The quantitative estimate of drug-likeness (QED) is 0.892. The number of benzene rings is 2. The molecule has 1 saturated carbocycles. The smallest absolute Gasteiger partial charge is 0.308 e. The van der Waals surface area contributed by atoms with Gasteiger partial charge < -0.3 is 10.0 Å². The van der Waals surface area contributed by atoms with Crippen molar-refractivity contribution in [3.05, 3.63) is 70.7 Å². The van der Waals surface area contributed by atoms with Crippen molar-refractivity contribution in [2.24, 2.45) is 11.8 Å². The first-order chi connectivity index (χ1) is 12.6. The number of hydrogen-bond acceptors (Lipinski definition) is 2. The van der Waals surface area contributed by atoms with Crippen molar-refractivity contribution in [3.63, 3.8) is 0 Å². The van der Waals surface area contributed by atoms with E-state index in [0.717, 1.165) is 17.5 Å². The second-order valence-corrected chi connectivity index (χ2v) is 7.58. The third kappa shape index (κ3) is 3.10. The Bertz CT molecular complexity index is 838. The van der Waals surface area contributed by atoms with Crippen molar-refractivity contribution in [2.75, 3.05) is 13.1 Å². The van der Waals surface area contributed by atoms with Gasteiger partial charge in [-0.2, -0.15) is 0 Å². The highest BCUT2D eigenvalue weighted by molar-refractivity contribution is 6.31. The van der Waals surface area contributed by atoms with E-state index in [9.17, 15) is 14.7 Å².